The number of carboxylic acids is 1. The highest BCUT2D eigenvalue weighted by Crippen LogP contribution is 2.20. The molecule has 0 bridgehead atoms. The molecule has 1 aromatic carbocycles. The number of urea groups is 1. The second kappa shape index (κ2) is 5.81. The van der Waals surface area contributed by atoms with Gasteiger partial charge in [-0.25, -0.2) is 18.0 Å². The first-order valence-electron chi connectivity index (χ1n) is 5.56. The summed E-state index contributed by atoms with van der Waals surface area (Å²) >= 11 is 0. The van der Waals surface area contributed by atoms with Crippen LogP contribution in [0.15, 0.2) is 12.1 Å². The molecule has 0 unspecified atom stereocenters. The zero-order valence-electron chi connectivity index (χ0n) is 10.8. The van der Waals surface area contributed by atoms with E-state index in [4.69, 9.17) is 5.11 Å². The van der Waals surface area contributed by atoms with Crippen molar-refractivity contribution in [3.8, 4) is 0 Å². The van der Waals surface area contributed by atoms with Crippen LogP contribution in [-0.2, 0) is 4.79 Å². The summed E-state index contributed by atoms with van der Waals surface area (Å²) in [5.41, 5.74) is -2.05. The van der Waals surface area contributed by atoms with Gasteiger partial charge in [0.2, 0.25) is 0 Å². The third-order valence-electron chi connectivity index (χ3n) is 2.52. The predicted molar refractivity (Wildman–Crippen MR) is 64.8 cm³/mol. The summed E-state index contributed by atoms with van der Waals surface area (Å²) in [6, 6.07) is -0.163. The molecule has 0 atom stereocenters. The summed E-state index contributed by atoms with van der Waals surface area (Å²) < 4.78 is 39.2. The number of aliphatic carboxylic acids is 1. The molecule has 110 valence electrons. The highest BCUT2D eigenvalue weighted by Gasteiger charge is 2.27. The van der Waals surface area contributed by atoms with Crippen LogP contribution in [0.5, 0.6) is 0 Å². The number of anilines is 1. The molecule has 1 aromatic rings. The Morgan fingerprint density at radius 3 is 2.15 bits per heavy atom. The fraction of sp³-hybridized carbons (Fsp3) is 0.333. The summed E-state index contributed by atoms with van der Waals surface area (Å²) in [4.78, 5) is 22.2. The van der Waals surface area contributed by atoms with Crippen molar-refractivity contribution in [2.75, 3.05) is 11.9 Å². The maximum atomic E-state index is 13.3. The predicted octanol–water partition coefficient (Wildman–Crippen LogP) is 2.34. The Balaban J connectivity index is 2.71. The molecule has 0 aliphatic carbocycles. The first kappa shape index (κ1) is 15.8. The van der Waals surface area contributed by atoms with Crippen molar-refractivity contribution in [2.45, 2.75) is 13.8 Å². The Labute approximate surface area is 112 Å². The number of carbonyl (C=O) groups is 2. The number of halogens is 3. The Kier molecular flexibility index (Phi) is 4.59. The molecule has 2 amide bonds. The number of nitrogens with one attached hydrogen (secondary N) is 2. The van der Waals surface area contributed by atoms with E-state index in [2.05, 4.69) is 5.32 Å². The number of hydrogen-bond acceptors (Lipinski definition) is 2. The smallest absolute Gasteiger partial charge is 0.319 e. The van der Waals surface area contributed by atoms with Gasteiger partial charge in [0.15, 0.2) is 11.6 Å². The van der Waals surface area contributed by atoms with E-state index in [1.807, 2.05) is 5.32 Å². The Morgan fingerprint density at radius 1 is 1.20 bits per heavy atom. The van der Waals surface area contributed by atoms with Crippen molar-refractivity contribution in [3.05, 3.63) is 29.6 Å². The van der Waals surface area contributed by atoms with Crippen LogP contribution < -0.4 is 10.6 Å². The van der Waals surface area contributed by atoms with E-state index in [1.54, 1.807) is 0 Å². The fourth-order valence-electron chi connectivity index (χ4n) is 1.20. The minimum absolute atomic E-state index is 0.251. The quantitative estimate of drug-likeness (QED) is 0.796. The van der Waals surface area contributed by atoms with Gasteiger partial charge >= 0.3 is 12.0 Å². The van der Waals surface area contributed by atoms with Crippen LogP contribution in [0.2, 0.25) is 0 Å². The van der Waals surface area contributed by atoms with Crippen molar-refractivity contribution in [1.29, 1.82) is 0 Å². The van der Waals surface area contributed by atoms with Crippen molar-refractivity contribution in [1.82, 2.24) is 5.32 Å². The second-order valence-corrected chi connectivity index (χ2v) is 4.74. The number of carbonyl (C=O) groups excluding carboxylic acids is 1. The van der Waals surface area contributed by atoms with Crippen molar-refractivity contribution >= 4 is 17.7 Å². The van der Waals surface area contributed by atoms with Crippen LogP contribution in [0.3, 0.4) is 0 Å². The van der Waals surface area contributed by atoms with E-state index >= 15 is 0 Å². The van der Waals surface area contributed by atoms with Crippen molar-refractivity contribution < 1.29 is 27.9 Å². The fourth-order valence-corrected chi connectivity index (χ4v) is 1.20. The summed E-state index contributed by atoms with van der Waals surface area (Å²) in [5, 5.41) is 12.9. The minimum Gasteiger partial charge on any atom is -0.481 e. The lowest BCUT2D eigenvalue weighted by molar-refractivity contribution is -0.146. The van der Waals surface area contributed by atoms with Gasteiger partial charge in [-0.05, 0) is 13.8 Å². The van der Waals surface area contributed by atoms with Crippen molar-refractivity contribution in [2.24, 2.45) is 5.41 Å². The van der Waals surface area contributed by atoms with Gasteiger partial charge < -0.3 is 15.7 Å². The molecule has 0 spiro atoms. The van der Waals surface area contributed by atoms with E-state index in [1.165, 1.54) is 13.8 Å². The van der Waals surface area contributed by atoms with E-state index in [0.29, 0.717) is 12.1 Å². The van der Waals surface area contributed by atoms with Gasteiger partial charge in [-0.3, -0.25) is 4.79 Å². The normalized spacial score (nSPS) is 11.1. The highest BCUT2D eigenvalue weighted by molar-refractivity contribution is 5.90. The highest BCUT2D eigenvalue weighted by atomic mass is 19.1. The third kappa shape index (κ3) is 3.87. The van der Waals surface area contributed by atoms with E-state index in [-0.39, 0.29) is 6.54 Å². The zero-order valence-corrected chi connectivity index (χ0v) is 10.8. The van der Waals surface area contributed by atoms with Crippen LogP contribution in [0.1, 0.15) is 13.8 Å². The maximum absolute atomic E-state index is 13.3. The summed E-state index contributed by atoms with van der Waals surface area (Å²) in [6.07, 6.45) is 0. The van der Waals surface area contributed by atoms with Crippen molar-refractivity contribution in [3.63, 3.8) is 0 Å². The topological polar surface area (TPSA) is 78.4 Å². The molecule has 0 fully saturated rings. The van der Waals surface area contributed by atoms with Crippen LogP contribution in [0.25, 0.3) is 0 Å². The Hall–Kier alpha value is -2.25. The molecular weight excluding hydrogens is 277 g/mol. The number of rotatable bonds is 4. The molecule has 0 aliphatic heterocycles. The standard InChI is InChI=1S/C12H13F3N2O3/c1-12(2,10(18)19)5-16-11(20)17-9-7(14)3-6(13)4-8(9)15/h3-4H,5H2,1-2H3,(H,18,19)(H2,16,17,20). The number of amides is 2. The molecule has 0 heterocycles. The third-order valence-corrected chi connectivity index (χ3v) is 2.52. The first-order chi connectivity index (χ1) is 9.13. The molecule has 20 heavy (non-hydrogen) atoms. The second-order valence-electron chi connectivity index (χ2n) is 4.74. The van der Waals surface area contributed by atoms with Crippen LogP contribution in [-0.4, -0.2) is 23.7 Å². The summed E-state index contributed by atoms with van der Waals surface area (Å²) in [5.74, 6) is -4.79. The van der Waals surface area contributed by atoms with E-state index in [0.717, 1.165) is 0 Å². The SMILES string of the molecule is CC(C)(CNC(=O)Nc1c(F)cc(F)cc1F)C(=O)O. The van der Waals surface area contributed by atoms with Gasteiger partial charge in [0.25, 0.3) is 0 Å². The molecule has 5 nitrogen and oxygen atoms in total. The van der Waals surface area contributed by atoms with Gasteiger partial charge in [-0.2, -0.15) is 0 Å². The Bertz CT molecular complexity index is 524. The van der Waals surface area contributed by atoms with E-state index in [9.17, 15) is 22.8 Å². The summed E-state index contributed by atoms with van der Waals surface area (Å²) in [6.45, 7) is 2.49. The first-order valence-corrected chi connectivity index (χ1v) is 5.56. The molecule has 0 saturated heterocycles. The van der Waals surface area contributed by atoms with Gasteiger partial charge in [0.05, 0.1) is 5.41 Å². The summed E-state index contributed by atoms with van der Waals surface area (Å²) in [7, 11) is 0. The molecule has 1 rings (SSSR count). The number of hydrogen-bond donors (Lipinski definition) is 3. The maximum Gasteiger partial charge on any atom is 0.319 e. The van der Waals surface area contributed by atoms with Crippen LogP contribution in [0, 0.1) is 22.9 Å². The average Bonchev–Trinajstić information content (AvgIpc) is 2.31. The lowest BCUT2D eigenvalue weighted by Gasteiger charge is -2.19. The molecule has 0 saturated carbocycles. The Morgan fingerprint density at radius 2 is 1.70 bits per heavy atom. The molecular formula is C12H13F3N2O3. The molecule has 3 N–H and O–H groups in total. The minimum atomic E-state index is -1.27. The van der Waals surface area contributed by atoms with E-state index < -0.39 is 40.6 Å². The van der Waals surface area contributed by atoms with Gasteiger partial charge in [-0.1, -0.05) is 0 Å². The largest absolute Gasteiger partial charge is 0.481 e. The number of benzene rings is 1. The van der Waals surface area contributed by atoms with Crippen LogP contribution >= 0.6 is 0 Å². The van der Waals surface area contributed by atoms with Gasteiger partial charge in [-0.15, -0.1) is 0 Å². The lowest BCUT2D eigenvalue weighted by Crippen LogP contribution is -2.40. The van der Waals surface area contributed by atoms with Crippen LogP contribution in [0.4, 0.5) is 23.7 Å². The van der Waals surface area contributed by atoms with Gasteiger partial charge in [0, 0.05) is 18.7 Å². The monoisotopic (exact) mass is 290 g/mol. The molecule has 8 heteroatoms. The average molecular weight is 290 g/mol. The molecule has 0 aliphatic rings. The number of carboxylic acid groups (broad SMARTS) is 1. The van der Waals surface area contributed by atoms with Gasteiger partial charge in [0.1, 0.15) is 11.5 Å². The lowest BCUT2D eigenvalue weighted by atomic mass is 9.94. The molecule has 0 aromatic heterocycles. The zero-order chi connectivity index (χ0) is 15.5. The molecule has 0 radical (unpaired) electrons.